The van der Waals surface area contributed by atoms with Crippen LogP contribution in [0, 0.1) is 48.5 Å². The van der Waals surface area contributed by atoms with E-state index in [2.05, 4.69) is 26.9 Å². The Labute approximate surface area is 378 Å². The Morgan fingerprint density at radius 1 is 0.492 bits per heavy atom. The van der Waals surface area contributed by atoms with E-state index in [1.165, 1.54) is 12.4 Å². The van der Waals surface area contributed by atoms with Crippen LogP contribution in [0.2, 0.25) is 0 Å². The van der Waals surface area contributed by atoms with Crippen LogP contribution < -0.4 is 11.1 Å². The van der Waals surface area contributed by atoms with E-state index in [1.54, 1.807) is 24.3 Å². The van der Waals surface area contributed by atoms with Gasteiger partial charge in [-0.15, -0.1) is 12.1 Å². The second kappa shape index (κ2) is 23.4. The van der Waals surface area contributed by atoms with Gasteiger partial charge in [0, 0.05) is 45.2 Å². The van der Waals surface area contributed by atoms with E-state index in [9.17, 15) is 19.2 Å². The van der Waals surface area contributed by atoms with Crippen molar-refractivity contribution in [1.29, 1.82) is 0 Å². The fourth-order valence-electron chi connectivity index (χ4n) is 6.52. The zero-order valence-electron chi connectivity index (χ0n) is 34.9. The molecule has 0 unspecified atom stereocenters. The first-order chi connectivity index (χ1) is 28.3. The molecule has 7 rings (SSSR count). The molecule has 10 heteroatoms. The first kappa shape index (κ1) is 48.9. The molecule has 61 heavy (non-hydrogen) atoms. The third kappa shape index (κ3) is 13.8. The molecule has 2 aromatic heterocycles. The number of nitrogens with zero attached hydrogens (tertiary/aromatic N) is 2. The monoisotopic (exact) mass is 894 g/mol. The summed E-state index contributed by atoms with van der Waals surface area (Å²) in [4.78, 5) is 63.6. The molecule has 0 saturated carbocycles. The molecule has 2 heterocycles. The summed E-state index contributed by atoms with van der Waals surface area (Å²) in [6.45, 7) is 15.6. The molecule has 0 atom stereocenters. The van der Waals surface area contributed by atoms with Crippen LogP contribution in [0.25, 0.3) is 22.5 Å². The molecular weight excluding hydrogens is 847 g/mol. The van der Waals surface area contributed by atoms with Crippen molar-refractivity contribution >= 4 is 35.4 Å². The number of pyridine rings is 2. The minimum Gasteiger partial charge on any atom is -0.321 e. The second-order valence-corrected chi connectivity index (χ2v) is 14.2. The number of carbonyl (C=O) groups excluding carboxylic acids is 2. The zero-order valence-corrected chi connectivity index (χ0v) is 37.0. The molecule has 2 N–H and O–H groups in total. The summed E-state index contributed by atoms with van der Waals surface area (Å²) < 4.78 is 0. The number of benzene rings is 5. The Morgan fingerprint density at radius 3 is 1.08 bits per heavy atom. The van der Waals surface area contributed by atoms with Gasteiger partial charge in [0.2, 0.25) is 11.6 Å². The third-order valence-corrected chi connectivity index (χ3v) is 9.25. The number of aliphatic imine (C=N–C) groups is 2. The predicted octanol–water partition coefficient (Wildman–Crippen LogP) is 11.0. The molecule has 1 radical (unpaired) electrons. The topological polar surface area (TPSA) is 125 Å². The van der Waals surface area contributed by atoms with Gasteiger partial charge in [-0.3, -0.25) is 29.2 Å². The molecule has 0 aliphatic carbocycles. The van der Waals surface area contributed by atoms with Gasteiger partial charge < -0.3 is 9.97 Å². The van der Waals surface area contributed by atoms with E-state index in [0.717, 1.165) is 61.4 Å². The maximum absolute atomic E-state index is 12.4. The number of rotatable bonds is 8. The van der Waals surface area contributed by atoms with E-state index < -0.39 is 22.7 Å². The van der Waals surface area contributed by atoms with Gasteiger partial charge in [-0.05, 0) is 99.2 Å². The number of aromatic nitrogens is 2. The van der Waals surface area contributed by atoms with Gasteiger partial charge in [-0.1, -0.05) is 102 Å². The quantitative estimate of drug-likeness (QED) is 0.0682. The normalized spacial score (nSPS) is 10.4. The zero-order chi connectivity index (χ0) is 42.5. The van der Waals surface area contributed by atoms with E-state index >= 15 is 0 Å². The van der Waals surface area contributed by atoms with Gasteiger partial charge in [-0.2, -0.15) is 24.6 Å². The number of hydrogen-bond acceptors (Lipinski definition) is 6. The number of Topliss-reactive ketones (excluding diaryl/α,β-unsaturated/α-hetero) is 2. The van der Waals surface area contributed by atoms with Gasteiger partial charge in [0.05, 0.1) is 34.9 Å². The molecule has 313 valence electrons. The van der Waals surface area contributed by atoms with Crippen LogP contribution in [-0.2, 0) is 33.8 Å². The standard InChI is InChI=1S/2C22H20N2O2.C7H7.Co.Fe/c2*1-14-11-15(2)21(16(3)12-14)23-13-20(25)18-9-10-19(24-22(18)26)17-7-5-4-6-8-17;1-7-5-3-2-4-6-7;;/h2*4-13H,1-3H3,(H,24,26);2-6H,1H2;;/q;;-1;;. The van der Waals surface area contributed by atoms with Crippen molar-refractivity contribution in [2.24, 2.45) is 9.98 Å². The maximum atomic E-state index is 12.4. The number of aromatic amines is 2. The largest absolute Gasteiger partial charge is 0.321 e. The second-order valence-electron chi connectivity index (χ2n) is 14.2. The summed E-state index contributed by atoms with van der Waals surface area (Å²) in [6, 6.07) is 43.5. The Bertz CT molecular complexity index is 2540. The minimum absolute atomic E-state index is 0. The van der Waals surface area contributed by atoms with Crippen LogP contribution in [0.3, 0.4) is 0 Å². The van der Waals surface area contributed by atoms with Gasteiger partial charge in [0.25, 0.3) is 11.1 Å². The van der Waals surface area contributed by atoms with Crippen molar-refractivity contribution < 1.29 is 43.4 Å². The molecular formula is C51H47CoFeN4O4-. The van der Waals surface area contributed by atoms with E-state index in [-0.39, 0.29) is 45.0 Å². The number of nitrogens with one attached hydrogen (secondary N) is 2. The van der Waals surface area contributed by atoms with Crippen molar-refractivity contribution in [3.63, 3.8) is 0 Å². The van der Waals surface area contributed by atoms with Gasteiger partial charge in [0.1, 0.15) is 0 Å². The van der Waals surface area contributed by atoms with Gasteiger partial charge >= 0.3 is 0 Å². The first-order valence-corrected chi connectivity index (χ1v) is 19.1. The summed E-state index contributed by atoms with van der Waals surface area (Å²) in [5, 5.41) is 0. The van der Waals surface area contributed by atoms with Crippen LogP contribution in [-0.4, -0.2) is 34.0 Å². The number of ketones is 2. The molecule has 0 bridgehead atoms. The average Bonchev–Trinajstić information content (AvgIpc) is 3.21. The minimum atomic E-state index is -0.417. The third-order valence-electron chi connectivity index (χ3n) is 9.25. The molecule has 5 aromatic carbocycles. The summed E-state index contributed by atoms with van der Waals surface area (Å²) in [7, 11) is 0. The molecule has 8 nitrogen and oxygen atoms in total. The first-order valence-electron chi connectivity index (χ1n) is 19.1. The Hall–Kier alpha value is -6.42. The molecule has 0 fully saturated rings. The molecule has 0 spiro atoms. The molecule has 0 amide bonds. The van der Waals surface area contributed by atoms with Crippen LogP contribution in [0.4, 0.5) is 11.4 Å². The van der Waals surface area contributed by atoms with Gasteiger partial charge in [0.15, 0.2) is 0 Å². The average molecular weight is 895 g/mol. The van der Waals surface area contributed by atoms with E-state index in [0.29, 0.717) is 11.4 Å². The Morgan fingerprint density at radius 2 is 0.803 bits per heavy atom. The van der Waals surface area contributed by atoms with Crippen molar-refractivity contribution in [3.8, 4) is 22.5 Å². The molecule has 7 aromatic rings. The Balaban J connectivity index is 0.000000272. The molecule has 0 aliphatic heterocycles. The van der Waals surface area contributed by atoms with E-state index in [1.807, 2.05) is 157 Å². The van der Waals surface area contributed by atoms with Crippen molar-refractivity contribution in [3.05, 3.63) is 217 Å². The molecule has 0 aliphatic rings. The SMILES string of the molecule is Cc1cc(C)c(N=CC(=O)c2ccc(-c3ccccc3)[nH]c2=O)c(C)c1.Cc1cc(C)c(N=CC(=O)c2ccc(-c3ccccc3)[nH]c2=O)c(C)c1.[CH2-]c1ccccc1.[Co].[Fe]. The predicted molar refractivity (Wildman–Crippen MR) is 242 cm³/mol. The van der Waals surface area contributed by atoms with Crippen LogP contribution in [0.15, 0.2) is 159 Å². The van der Waals surface area contributed by atoms with Crippen molar-refractivity contribution in [2.45, 2.75) is 41.5 Å². The number of H-pyrrole nitrogens is 2. The number of aryl methyl sites for hydroxylation is 6. The number of carbonyl (C=O) groups is 2. The summed E-state index contributed by atoms with van der Waals surface area (Å²) in [5.74, 6) is -0.824. The van der Waals surface area contributed by atoms with Crippen LogP contribution in [0.1, 0.15) is 59.7 Å². The summed E-state index contributed by atoms with van der Waals surface area (Å²) in [6.07, 6.45) is 2.44. The van der Waals surface area contributed by atoms with Crippen LogP contribution >= 0.6 is 0 Å². The number of hydrogen-bond donors (Lipinski definition) is 2. The molecule has 0 saturated heterocycles. The summed E-state index contributed by atoms with van der Waals surface area (Å²) >= 11 is 0. The van der Waals surface area contributed by atoms with Crippen LogP contribution in [0.5, 0.6) is 0 Å². The maximum Gasteiger partial charge on any atom is 0.259 e. The van der Waals surface area contributed by atoms with Crippen molar-refractivity contribution in [2.75, 3.05) is 0 Å². The van der Waals surface area contributed by atoms with Crippen molar-refractivity contribution in [1.82, 2.24) is 9.97 Å². The van der Waals surface area contributed by atoms with Gasteiger partial charge in [-0.25, -0.2) is 0 Å². The fourth-order valence-corrected chi connectivity index (χ4v) is 6.52. The fraction of sp³-hybridized carbons (Fsp3) is 0.118. The van der Waals surface area contributed by atoms with E-state index in [4.69, 9.17) is 0 Å². The smallest absolute Gasteiger partial charge is 0.259 e. The summed E-state index contributed by atoms with van der Waals surface area (Å²) in [5.41, 5.74) is 11.4. The Kier molecular flexibility index (Phi) is 18.8.